The lowest BCUT2D eigenvalue weighted by Gasteiger charge is -2.11. The van der Waals surface area contributed by atoms with Gasteiger partial charge in [0.05, 0.1) is 0 Å². The number of rotatable bonds is 6. The molecule has 1 aliphatic carbocycles. The van der Waals surface area contributed by atoms with E-state index in [1.807, 2.05) is 31.2 Å². The van der Waals surface area contributed by atoms with E-state index in [4.69, 9.17) is 14.4 Å². The van der Waals surface area contributed by atoms with E-state index in [2.05, 4.69) is 10.1 Å². The Morgan fingerprint density at radius 2 is 2.05 bits per heavy atom. The van der Waals surface area contributed by atoms with Gasteiger partial charge in [-0.05, 0) is 43.5 Å². The summed E-state index contributed by atoms with van der Waals surface area (Å²) in [7, 11) is 1.00. The first-order valence-corrected chi connectivity index (χ1v) is 7.31. The Bertz CT molecular complexity index is 590. The molecule has 1 saturated carbocycles. The van der Waals surface area contributed by atoms with Crippen LogP contribution in [0.25, 0.3) is 11.4 Å². The van der Waals surface area contributed by atoms with Gasteiger partial charge in [0.1, 0.15) is 5.75 Å². The van der Waals surface area contributed by atoms with E-state index in [9.17, 15) is 4.79 Å². The van der Waals surface area contributed by atoms with Gasteiger partial charge in [-0.2, -0.15) is 4.98 Å². The highest BCUT2D eigenvalue weighted by Crippen LogP contribution is 2.39. The smallest absolute Gasteiger partial charge is 0.230 e. The van der Waals surface area contributed by atoms with Crippen LogP contribution >= 0.6 is 0 Å². The van der Waals surface area contributed by atoms with E-state index in [1.165, 1.54) is 0 Å². The van der Waals surface area contributed by atoms with Crippen molar-refractivity contribution >= 4 is 6.29 Å². The van der Waals surface area contributed by atoms with Crippen LogP contribution in [0, 0.1) is 0 Å². The number of aliphatic hydroxyl groups is 1. The third kappa shape index (κ3) is 3.92. The van der Waals surface area contributed by atoms with Crippen LogP contribution in [0.15, 0.2) is 28.8 Å². The Balaban J connectivity index is 0.000000847. The first kappa shape index (κ1) is 16.2. The lowest BCUT2D eigenvalue weighted by Crippen LogP contribution is -2.16. The van der Waals surface area contributed by atoms with E-state index in [1.54, 1.807) is 0 Å². The standard InChI is InChI=1S/C15H16N2O3.CH4O/c1-2-12(9-18)19-13-7-5-10(6-8-13)14-16-15(20-17-14)11-3-4-11;1-2/h5-9,11-12H,2-4H2,1H3;2H,1H3. The topological polar surface area (TPSA) is 85.5 Å². The summed E-state index contributed by atoms with van der Waals surface area (Å²) in [4.78, 5) is 15.1. The van der Waals surface area contributed by atoms with E-state index in [0.29, 0.717) is 23.9 Å². The Hall–Kier alpha value is -2.21. The largest absolute Gasteiger partial charge is 0.483 e. The molecule has 118 valence electrons. The molecule has 2 aromatic rings. The lowest BCUT2D eigenvalue weighted by atomic mass is 10.2. The number of hydrogen-bond acceptors (Lipinski definition) is 6. The van der Waals surface area contributed by atoms with Crippen molar-refractivity contribution in [3.63, 3.8) is 0 Å². The molecule has 6 nitrogen and oxygen atoms in total. The number of aliphatic hydroxyl groups excluding tert-OH is 1. The Labute approximate surface area is 129 Å². The minimum Gasteiger partial charge on any atom is -0.483 e. The Kier molecular flexibility index (Phi) is 5.66. The first-order valence-electron chi connectivity index (χ1n) is 7.31. The molecule has 22 heavy (non-hydrogen) atoms. The molecule has 1 aromatic carbocycles. The molecule has 1 atom stereocenters. The van der Waals surface area contributed by atoms with Crippen molar-refractivity contribution in [2.75, 3.05) is 7.11 Å². The van der Waals surface area contributed by atoms with Crippen molar-refractivity contribution < 1.29 is 19.2 Å². The van der Waals surface area contributed by atoms with Crippen molar-refractivity contribution in [3.05, 3.63) is 30.2 Å². The zero-order valence-corrected chi connectivity index (χ0v) is 12.7. The van der Waals surface area contributed by atoms with E-state index >= 15 is 0 Å². The predicted molar refractivity (Wildman–Crippen MR) is 80.6 cm³/mol. The highest BCUT2D eigenvalue weighted by Gasteiger charge is 2.29. The molecule has 1 N–H and O–H groups in total. The molecular formula is C16H20N2O4. The average Bonchev–Trinajstić information content (AvgIpc) is 3.32. The summed E-state index contributed by atoms with van der Waals surface area (Å²) in [5, 5.41) is 11.0. The van der Waals surface area contributed by atoms with Crippen molar-refractivity contribution in [2.45, 2.75) is 38.2 Å². The minimum absolute atomic E-state index is 0.396. The fourth-order valence-electron chi connectivity index (χ4n) is 1.91. The monoisotopic (exact) mass is 304 g/mol. The van der Waals surface area contributed by atoms with Crippen LogP contribution in [0.3, 0.4) is 0 Å². The second kappa shape index (κ2) is 7.70. The first-order chi connectivity index (χ1) is 10.8. The second-order valence-corrected chi connectivity index (χ2v) is 4.96. The SMILES string of the molecule is CCC(C=O)Oc1ccc(-c2noc(C3CC3)n2)cc1.CO. The molecule has 0 aliphatic heterocycles. The number of hydrogen-bond donors (Lipinski definition) is 1. The lowest BCUT2D eigenvalue weighted by molar-refractivity contribution is -0.113. The summed E-state index contributed by atoms with van der Waals surface area (Å²) in [6.07, 6.45) is 3.35. The normalized spacial score (nSPS) is 14.7. The number of benzene rings is 1. The van der Waals surface area contributed by atoms with Crippen LogP contribution in [0.1, 0.15) is 38.0 Å². The van der Waals surface area contributed by atoms with E-state index < -0.39 is 6.10 Å². The maximum absolute atomic E-state index is 10.7. The van der Waals surface area contributed by atoms with Gasteiger partial charge >= 0.3 is 0 Å². The predicted octanol–water partition coefficient (Wildman–Crippen LogP) is 2.58. The summed E-state index contributed by atoms with van der Waals surface area (Å²) in [5.41, 5.74) is 0.882. The van der Waals surface area contributed by atoms with Gasteiger partial charge in [0.15, 0.2) is 12.4 Å². The summed E-state index contributed by atoms with van der Waals surface area (Å²) in [6, 6.07) is 7.37. The number of aromatic nitrogens is 2. The fourth-order valence-corrected chi connectivity index (χ4v) is 1.91. The summed E-state index contributed by atoms with van der Waals surface area (Å²) >= 11 is 0. The summed E-state index contributed by atoms with van der Waals surface area (Å²) < 4.78 is 10.8. The zero-order valence-electron chi connectivity index (χ0n) is 12.7. The van der Waals surface area contributed by atoms with Crippen LogP contribution in [-0.2, 0) is 4.79 Å². The van der Waals surface area contributed by atoms with Crippen LogP contribution in [0.5, 0.6) is 5.75 Å². The molecule has 3 rings (SSSR count). The number of nitrogens with zero attached hydrogens (tertiary/aromatic N) is 2. The Morgan fingerprint density at radius 1 is 1.36 bits per heavy atom. The Morgan fingerprint density at radius 3 is 2.59 bits per heavy atom. The number of carbonyl (C=O) groups excluding carboxylic acids is 1. The molecule has 0 spiro atoms. The van der Waals surface area contributed by atoms with Crippen molar-refractivity contribution in [1.29, 1.82) is 0 Å². The molecule has 1 aliphatic rings. The minimum atomic E-state index is -0.396. The molecule has 1 fully saturated rings. The second-order valence-electron chi connectivity index (χ2n) is 4.96. The van der Waals surface area contributed by atoms with Crippen LogP contribution in [-0.4, -0.2) is 34.7 Å². The fraction of sp³-hybridized carbons (Fsp3) is 0.438. The third-order valence-corrected chi connectivity index (χ3v) is 3.32. The quantitative estimate of drug-likeness (QED) is 0.826. The van der Waals surface area contributed by atoms with E-state index in [0.717, 1.165) is 37.7 Å². The van der Waals surface area contributed by atoms with Gasteiger partial charge in [0, 0.05) is 18.6 Å². The average molecular weight is 304 g/mol. The van der Waals surface area contributed by atoms with Gasteiger partial charge in [-0.25, -0.2) is 0 Å². The molecule has 1 heterocycles. The van der Waals surface area contributed by atoms with Crippen LogP contribution in [0.4, 0.5) is 0 Å². The maximum atomic E-state index is 10.7. The zero-order chi connectivity index (χ0) is 15.9. The molecule has 0 saturated heterocycles. The van der Waals surface area contributed by atoms with Crippen LogP contribution < -0.4 is 4.74 Å². The number of ether oxygens (including phenoxy) is 1. The summed E-state index contributed by atoms with van der Waals surface area (Å²) in [6.45, 7) is 1.91. The molecule has 0 radical (unpaired) electrons. The van der Waals surface area contributed by atoms with Gasteiger partial charge in [-0.15, -0.1) is 0 Å². The molecule has 6 heteroatoms. The molecular weight excluding hydrogens is 284 g/mol. The van der Waals surface area contributed by atoms with Crippen molar-refractivity contribution in [3.8, 4) is 17.1 Å². The summed E-state index contributed by atoms with van der Waals surface area (Å²) in [5.74, 6) is 2.45. The van der Waals surface area contributed by atoms with Gasteiger partial charge in [-0.1, -0.05) is 12.1 Å². The highest BCUT2D eigenvalue weighted by atomic mass is 16.5. The highest BCUT2D eigenvalue weighted by molar-refractivity contribution is 5.58. The number of carbonyl (C=O) groups is 1. The van der Waals surface area contributed by atoms with Gasteiger partial charge in [0.2, 0.25) is 11.7 Å². The van der Waals surface area contributed by atoms with Gasteiger partial charge in [0.25, 0.3) is 0 Å². The van der Waals surface area contributed by atoms with Gasteiger partial charge < -0.3 is 14.4 Å². The maximum Gasteiger partial charge on any atom is 0.230 e. The van der Waals surface area contributed by atoms with Gasteiger partial charge in [-0.3, -0.25) is 4.79 Å². The number of aldehydes is 1. The molecule has 0 amide bonds. The molecule has 1 aromatic heterocycles. The van der Waals surface area contributed by atoms with Crippen LogP contribution in [0.2, 0.25) is 0 Å². The molecule has 1 unspecified atom stereocenters. The van der Waals surface area contributed by atoms with Crippen molar-refractivity contribution in [1.82, 2.24) is 10.1 Å². The molecule has 0 bridgehead atoms. The third-order valence-electron chi connectivity index (χ3n) is 3.32. The van der Waals surface area contributed by atoms with Crippen molar-refractivity contribution in [2.24, 2.45) is 0 Å². The van der Waals surface area contributed by atoms with E-state index in [-0.39, 0.29) is 0 Å².